The van der Waals surface area contributed by atoms with E-state index in [9.17, 15) is 51.9 Å². The van der Waals surface area contributed by atoms with Gasteiger partial charge in [0.1, 0.15) is 40.5 Å². The Hall–Kier alpha value is -1.26. The average Bonchev–Trinajstić information content (AvgIpc) is 3.04. The van der Waals surface area contributed by atoms with Crippen molar-refractivity contribution in [1.82, 2.24) is 0 Å². The van der Waals surface area contributed by atoms with E-state index < -0.39 is 65.4 Å². The number of benzene rings is 6. The summed E-state index contributed by atoms with van der Waals surface area (Å²) in [6.45, 7) is 0. The van der Waals surface area contributed by atoms with Gasteiger partial charge < -0.3 is 23.9 Å². The molecule has 0 aliphatic carbocycles. The van der Waals surface area contributed by atoms with Crippen molar-refractivity contribution in [3.8, 4) is 0 Å². The van der Waals surface area contributed by atoms with E-state index in [1.165, 1.54) is 36.4 Å². The van der Waals surface area contributed by atoms with Crippen LogP contribution in [0.1, 0.15) is 0 Å². The Morgan fingerprint density at radius 3 is 1.36 bits per heavy atom. The molecule has 17 nitrogen and oxygen atoms in total. The van der Waals surface area contributed by atoms with E-state index in [2.05, 4.69) is 20.5 Å². The van der Waals surface area contributed by atoms with Gasteiger partial charge in [-0.05, 0) is 66.7 Å². The van der Waals surface area contributed by atoms with Crippen molar-refractivity contribution >= 4 is 101 Å². The molecule has 0 fully saturated rings. The molecule has 0 unspecified atom stereocenters. The van der Waals surface area contributed by atoms with Crippen LogP contribution in [0, 0.1) is 0 Å². The molecule has 0 saturated carbocycles. The molecular weight excluding hydrogens is 843 g/mol. The molecule has 0 aliphatic heterocycles. The Morgan fingerprint density at radius 1 is 0.400 bits per heavy atom. The first kappa shape index (κ1) is 49.9. The van der Waals surface area contributed by atoms with Crippen LogP contribution >= 0.6 is 0 Å². The number of nitrogen functional groups attached to an aromatic ring is 1. The maximum atomic E-state index is 12.1. The molecule has 2 N–H and O–H groups in total. The number of nitrogens with two attached hydrogens (primary N) is 1. The van der Waals surface area contributed by atoms with E-state index in [-0.39, 0.29) is 168 Å². The third-order valence-corrected chi connectivity index (χ3v) is 10.9. The first-order valence-electron chi connectivity index (χ1n) is 13.8. The van der Waals surface area contributed by atoms with Crippen LogP contribution < -0.4 is 124 Å². The number of hydrogen-bond donors (Lipinski definition) is 1. The third kappa shape index (κ3) is 11.1. The first-order valence-corrected chi connectivity index (χ1v) is 19.5. The fourth-order valence-electron chi connectivity index (χ4n) is 5.22. The number of rotatable bonds is 8. The van der Waals surface area contributed by atoms with Crippen LogP contribution in [0.4, 0.5) is 28.4 Å². The minimum absolute atomic E-state index is 0. The van der Waals surface area contributed by atoms with Crippen molar-refractivity contribution in [1.29, 1.82) is 0 Å². The average molecular weight is 860 g/mol. The van der Waals surface area contributed by atoms with Crippen LogP contribution in [-0.4, -0.2) is 51.9 Å². The predicted molar refractivity (Wildman–Crippen MR) is 176 cm³/mol. The Kier molecular flexibility index (Phi) is 17.0. The summed E-state index contributed by atoms with van der Waals surface area (Å²) in [5.74, 6) is 0. The van der Waals surface area contributed by atoms with Gasteiger partial charge >= 0.3 is 118 Å². The number of nitrogens with zero attached hydrogens (tertiary/aromatic N) is 4. The van der Waals surface area contributed by atoms with Crippen LogP contribution in [0.25, 0.3) is 32.3 Å². The largest absolute Gasteiger partial charge is 1.00 e. The smallest absolute Gasteiger partial charge is 0.744 e. The second kappa shape index (κ2) is 18.8. The topological polar surface area (TPSA) is 304 Å². The van der Waals surface area contributed by atoms with Crippen molar-refractivity contribution in [2.24, 2.45) is 20.5 Å². The van der Waals surface area contributed by atoms with Gasteiger partial charge in [-0.2, -0.15) is 5.11 Å². The van der Waals surface area contributed by atoms with E-state index in [1.807, 2.05) is 0 Å². The first-order chi connectivity index (χ1) is 23.7. The molecule has 0 aliphatic rings. The van der Waals surface area contributed by atoms with Crippen LogP contribution in [0.3, 0.4) is 0 Å². The summed E-state index contributed by atoms with van der Waals surface area (Å²) >= 11 is 0. The number of fused-ring (bicyclic) bond motifs is 3. The molecule has 0 aromatic heterocycles. The van der Waals surface area contributed by atoms with E-state index >= 15 is 0 Å². The summed E-state index contributed by atoms with van der Waals surface area (Å²) in [6.07, 6.45) is 0. The third-order valence-electron chi connectivity index (χ3n) is 7.50. The van der Waals surface area contributed by atoms with E-state index in [1.54, 1.807) is 0 Å². The normalized spacial score (nSPS) is 12.3. The molecule has 0 spiro atoms. The fourth-order valence-corrected chi connectivity index (χ4v) is 7.60. The number of anilines is 1. The van der Waals surface area contributed by atoms with Crippen LogP contribution in [-0.2, 0) is 40.5 Å². The molecular formula is C30H17N5Na4O12S4. The van der Waals surface area contributed by atoms with Gasteiger partial charge in [0.15, 0.2) is 0 Å². The minimum Gasteiger partial charge on any atom is -0.744 e. The summed E-state index contributed by atoms with van der Waals surface area (Å²) in [7, 11) is -20.2. The Balaban J connectivity index is 0.00000261. The molecule has 6 aromatic rings. The van der Waals surface area contributed by atoms with Gasteiger partial charge in [-0.3, -0.25) is 0 Å². The fraction of sp³-hybridized carbons (Fsp3) is 0. The molecule has 0 radical (unpaired) electrons. The van der Waals surface area contributed by atoms with Crippen LogP contribution in [0.15, 0.2) is 131 Å². The summed E-state index contributed by atoms with van der Waals surface area (Å²) in [4.78, 5) is -2.94. The zero-order valence-corrected chi connectivity index (χ0v) is 40.3. The molecule has 0 atom stereocenters. The molecule has 55 heavy (non-hydrogen) atoms. The quantitative estimate of drug-likeness (QED) is 0.0645. The van der Waals surface area contributed by atoms with Gasteiger partial charge in [0, 0.05) is 38.0 Å². The van der Waals surface area contributed by atoms with E-state index in [0.717, 1.165) is 54.6 Å². The number of hydrogen-bond acceptors (Lipinski definition) is 17. The molecule has 6 rings (SSSR count). The zero-order chi connectivity index (χ0) is 37.1. The molecule has 262 valence electrons. The van der Waals surface area contributed by atoms with Gasteiger partial charge in [0.25, 0.3) is 0 Å². The second-order valence-corrected chi connectivity index (χ2v) is 16.2. The Labute approximate surface area is 402 Å². The SMILES string of the molecule is Nc1ccc(N=Nc2ccc(N=Nc3cc(S(=O)(=O)[O-])c4cccc(S(=O)(=O)[O-])c4c3)c3cc(S(=O)(=O)[O-])ccc23)c2cc(S(=O)(=O)[O-])ccc12.[Na+].[Na+].[Na+].[Na+]. The standard InChI is InChI=1S/C30H21N5O12S4.4Na/c31-25-8-9-27(22-14-17(48(36,37)38)4-6-19(22)25)35-34-26-10-11-28(23-15-18(49(39,40)41)5-7-20(23)26)33-32-16-12-24-21(30(13-16)51(45,46)47)2-1-3-29(24)50(42,43)44;;;;/h1-15H,31H2,(H,36,37,38)(H,39,40,41)(H,42,43,44)(H,45,46,47);;;;/q;4*+1/p-4. The van der Waals surface area contributed by atoms with Gasteiger partial charge in [0.05, 0.1) is 42.3 Å². The summed E-state index contributed by atoms with van der Waals surface area (Å²) in [5.41, 5.74) is 5.93. The molecule has 0 amide bonds. The molecule has 25 heteroatoms. The summed E-state index contributed by atoms with van der Waals surface area (Å²) < 4.78 is 143. The maximum absolute atomic E-state index is 12.1. The zero-order valence-electron chi connectivity index (χ0n) is 29.1. The number of azo groups is 2. The van der Waals surface area contributed by atoms with Gasteiger partial charge in [0.2, 0.25) is 0 Å². The van der Waals surface area contributed by atoms with E-state index in [4.69, 9.17) is 5.73 Å². The van der Waals surface area contributed by atoms with Gasteiger partial charge in [-0.1, -0.05) is 24.3 Å². The molecule has 0 saturated heterocycles. The van der Waals surface area contributed by atoms with Gasteiger partial charge in [-0.15, -0.1) is 15.3 Å². The molecule has 0 heterocycles. The minimum atomic E-state index is -5.24. The Bertz CT molecular complexity index is 3010. The van der Waals surface area contributed by atoms with Crippen molar-refractivity contribution in [2.45, 2.75) is 19.6 Å². The van der Waals surface area contributed by atoms with Crippen molar-refractivity contribution in [3.63, 3.8) is 0 Å². The summed E-state index contributed by atoms with van der Waals surface area (Å²) in [5, 5.41) is 16.2. The van der Waals surface area contributed by atoms with Crippen molar-refractivity contribution in [2.75, 3.05) is 5.73 Å². The van der Waals surface area contributed by atoms with Gasteiger partial charge in [-0.25, -0.2) is 33.7 Å². The predicted octanol–water partition coefficient (Wildman–Crippen LogP) is -6.81. The van der Waals surface area contributed by atoms with Crippen molar-refractivity contribution in [3.05, 3.63) is 91.0 Å². The maximum Gasteiger partial charge on any atom is 1.00 e. The van der Waals surface area contributed by atoms with Crippen molar-refractivity contribution < 1.29 is 170 Å². The van der Waals surface area contributed by atoms with Crippen LogP contribution in [0.2, 0.25) is 0 Å². The second-order valence-electron chi connectivity index (χ2n) is 10.7. The van der Waals surface area contributed by atoms with Crippen LogP contribution in [0.5, 0.6) is 0 Å². The Morgan fingerprint density at radius 2 is 0.855 bits per heavy atom. The molecule has 6 aromatic carbocycles. The molecule has 0 bridgehead atoms. The summed E-state index contributed by atoms with van der Waals surface area (Å²) in [6, 6.07) is 17.1. The monoisotopic (exact) mass is 859 g/mol. The van der Waals surface area contributed by atoms with E-state index in [0.29, 0.717) is 5.39 Å².